The lowest BCUT2D eigenvalue weighted by Gasteiger charge is -1.98. The van der Waals surface area contributed by atoms with Crippen molar-refractivity contribution in [3.05, 3.63) is 71.9 Å². The van der Waals surface area contributed by atoms with Crippen molar-refractivity contribution < 1.29 is 13.2 Å². The van der Waals surface area contributed by atoms with Gasteiger partial charge in [0.15, 0.2) is 5.76 Å². The lowest BCUT2D eigenvalue weighted by molar-refractivity contribution is 0.466. The van der Waals surface area contributed by atoms with Crippen molar-refractivity contribution in [1.29, 1.82) is 0 Å². The number of benzene rings is 2. The van der Waals surface area contributed by atoms with Crippen LogP contribution in [0, 0.1) is 11.6 Å². The minimum atomic E-state index is -0.288. The van der Waals surface area contributed by atoms with Crippen molar-refractivity contribution in [2.45, 2.75) is 11.0 Å². The number of oxazole rings is 1. The minimum absolute atomic E-state index is 0.251. The molecule has 1 aromatic heterocycles. The summed E-state index contributed by atoms with van der Waals surface area (Å²) < 4.78 is 31.3. The minimum Gasteiger partial charge on any atom is -0.431 e. The van der Waals surface area contributed by atoms with Crippen LogP contribution >= 0.6 is 11.8 Å². The van der Waals surface area contributed by atoms with E-state index >= 15 is 0 Å². The molecule has 0 amide bonds. The topological polar surface area (TPSA) is 26.0 Å². The third kappa shape index (κ3) is 3.49. The summed E-state index contributed by atoms with van der Waals surface area (Å²) in [7, 11) is 0. The maximum Gasteiger partial charge on any atom is 0.256 e. The number of rotatable bonds is 4. The molecule has 21 heavy (non-hydrogen) atoms. The first-order chi connectivity index (χ1) is 10.2. The van der Waals surface area contributed by atoms with Gasteiger partial charge < -0.3 is 4.42 Å². The summed E-state index contributed by atoms with van der Waals surface area (Å²) >= 11 is 1.42. The van der Waals surface area contributed by atoms with E-state index in [0.717, 1.165) is 11.1 Å². The molecule has 0 atom stereocenters. The summed E-state index contributed by atoms with van der Waals surface area (Å²) in [6.45, 7) is 0. The highest BCUT2D eigenvalue weighted by Gasteiger charge is 2.07. The number of nitrogens with zero attached hydrogens (tertiary/aromatic N) is 1. The standard InChI is InChI=1S/C16H11F2NOS/c17-13-5-1-11(2-6-13)10-21-16-19-9-15(20-16)12-3-7-14(18)8-4-12/h1-9H,10H2. The Morgan fingerprint density at radius 3 is 2.19 bits per heavy atom. The van der Waals surface area contributed by atoms with Crippen LogP contribution in [-0.2, 0) is 5.75 Å². The number of aromatic nitrogens is 1. The zero-order valence-electron chi connectivity index (χ0n) is 10.9. The van der Waals surface area contributed by atoms with E-state index in [2.05, 4.69) is 4.98 Å². The van der Waals surface area contributed by atoms with Crippen LogP contribution in [0.2, 0.25) is 0 Å². The van der Waals surface area contributed by atoms with E-state index in [1.54, 1.807) is 30.5 Å². The lowest BCUT2D eigenvalue weighted by Crippen LogP contribution is -1.81. The van der Waals surface area contributed by atoms with Gasteiger partial charge in [0.25, 0.3) is 5.22 Å². The predicted octanol–water partition coefficient (Wildman–Crippen LogP) is 4.91. The number of halogens is 2. The van der Waals surface area contributed by atoms with E-state index in [4.69, 9.17) is 4.42 Å². The number of hydrogen-bond donors (Lipinski definition) is 0. The van der Waals surface area contributed by atoms with Crippen molar-refractivity contribution in [2.24, 2.45) is 0 Å². The molecule has 0 spiro atoms. The van der Waals surface area contributed by atoms with Crippen molar-refractivity contribution >= 4 is 11.8 Å². The molecule has 3 aromatic rings. The maximum absolute atomic E-state index is 12.9. The van der Waals surface area contributed by atoms with Crippen LogP contribution in [0.4, 0.5) is 8.78 Å². The number of hydrogen-bond acceptors (Lipinski definition) is 3. The Hall–Kier alpha value is -2.14. The molecule has 0 aliphatic rings. The summed E-state index contributed by atoms with van der Waals surface area (Å²) in [6.07, 6.45) is 1.61. The predicted molar refractivity (Wildman–Crippen MR) is 77.9 cm³/mol. The molecule has 0 fully saturated rings. The van der Waals surface area contributed by atoms with Crippen LogP contribution < -0.4 is 0 Å². The Labute approximate surface area is 124 Å². The smallest absolute Gasteiger partial charge is 0.256 e. The molecule has 2 aromatic carbocycles. The van der Waals surface area contributed by atoms with E-state index in [1.165, 1.54) is 36.0 Å². The van der Waals surface area contributed by atoms with Crippen LogP contribution in [0.25, 0.3) is 11.3 Å². The molecule has 2 nitrogen and oxygen atoms in total. The normalized spacial score (nSPS) is 10.8. The highest BCUT2D eigenvalue weighted by Crippen LogP contribution is 2.27. The summed E-state index contributed by atoms with van der Waals surface area (Å²) in [5.41, 5.74) is 1.76. The Morgan fingerprint density at radius 1 is 0.905 bits per heavy atom. The molecule has 0 N–H and O–H groups in total. The van der Waals surface area contributed by atoms with Crippen LogP contribution in [0.5, 0.6) is 0 Å². The average molecular weight is 303 g/mol. The van der Waals surface area contributed by atoms with Gasteiger partial charge in [0, 0.05) is 11.3 Å². The Bertz CT molecular complexity index is 723. The van der Waals surface area contributed by atoms with Gasteiger partial charge in [-0.25, -0.2) is 13.8 Å². The largest absolute Gasteiger partial charge is 0.431 e. The SMILES string of the molecule is Fc1ccc(CSc2ncc(-c3ccc(F)cc3)o2)cc1. The molecule has 106 valence electrons. The van der Waals surface area contributed by atoms with Gasteiger partial charge in [-0.2, -0.15) is 0 Å². The molecule has 0 saturated carbocycles. The second kappa shape index (κ2) is 6.10. The van der Waals surface area contributed by atoms with Gasteiger partial charge in [0.05, 0.1) is 6.20 Å². The fourth-order valence-electron chi connectivity index (χ4n) is 1.80. The van der Waals surface area contributed by atoms with E-state index in [-0.39, 0.29) is 11.6 Å². The molecule has 0 aliphatic heterocycles. The van der Waals surface area contributed by atoms with E-state index in [0.29, 0.717) is 16.7 Å². The van der Waals surface area contributed by atoms with Gasteiger partial charge in [0.2, 0.25) is 0 Å². The molecule has 0 saturated heterocycles. The molecular formula is C16H11F2NOS. The van der Waals surface area contributed by atoms with Crippen LogP contribution in [-0.4, -0.2) is 4.98 Å². The lowest BCUT2D eigenvalue weighted by atomic mass is 10.2. The first-order valence-corrected chi connectivity index (χ1v) is 7.28. The number of thioether (sulfide) groups is 1. The van der Waals surface area contributed by atoms with Gasteiger partial charge in [-0.05, 0) is 42.0 Å². The van der Waals surface area contributed by atoms with E-state index in [9.17, 15) is 8.78 Å². The second-order valence-corrected chi connectivity index (χ2v) is 5.34. The average Bonchev–Trinajstić information content (AvgIpc) is 2.96. The van der Waals surface area contributed by atoms with Crippen molar-refractivity contribution in [2.75, 3.05) is 0 Å². The fourth-order valence-corrected chi connectivity index (χ4v) is 2.56. The third-order valence-corrected chi connectivity index (χ3v) is 3.80. The maximum atomic E-state index is 12.9. The van der Waals surface area contributed by atoms with Crippen LogP contribution in [0.15, 0.2) is 64.4 Å². The molecule has 0 bridgehead atoms. The highest BCUT2D eigenvalue weighted by molar-refractivity contribution is 7.98. The second-order valence-electron chi connectivity index (χ2n) is 4.41. The van der Waals surface area contributed by atoms with Crippen LogP contribution in [0.1, 0.15) is 5.56 Å². The van der Waals surface area contributed by atoms with E-state index < -0.39 is 0 Å². The summed E-state index contributed by atoms with van der Waals surface area (Å²) in [5.74, 6) is 0.697. The van der Waals surface area contributed by atoms with Gasteiger partial charge in [-0.3, -0.25) is 0 Å². The zero-order chi connectivity index (χ0) is 14.7. The Morgan fingerprint density at radius 2 is 1.52 bits per heavy atom. The van der Waals surface area contributed by atoms with E-state index in [1.807, 2.05) is 0 Å². The van der Waals surface area contributed by atoms with Crippen molar-refractivity contribution in [1.82, 2.24) is 4.98 Å². The van der Waals surface area contributed by atoms with Crippen molar-refractivity contribution in [3.63, 3.8) is 0 Å². The van der Waals surface area contributed by atoms with Gasteiger partial charge in [-0.1, -0.05) is 23.9 Å². The zero-order valence-corrected chi connectivity index (χ0v) is 11.7. The molecule has 5 heteroatoms. The van der Waals surface area contributed by atoms with Gasteiger partial charge in [0.1, 0.15) is 11.6 Å². The highest BCUT2D eigenvalue weighted by atomic mass is 32.2. The van der Waals surface area contributed by atoms with Gasteiger partial charge in [-0.15, -0.1) is 0 Å². The Balaban J connectivity index is 1.67. The molecule has 0 radical (unpaired) electrons. The molecule has 0 unspecified atom stereocenters. The molecule has 3 rings (SSSR count). The van der Waals surface area contributed by atoms with Crippen LogP contribution in [0.3, 0.4) is 0 Å². The van der Waals surface area contributed by atoms with Crippen molar-refractivity contribution in [3.8, 4) is 11.3 Å². The first-order valence-electron chi connectivity index (χ1n) is 6.30. The summed E-state index contributed by atoms with van der Waals surface area (Å²) in [6, 6.07) is 12.4. The first kappa shape index (κ1) is 13.8. The summed E-state index contributed by atoms with van der Waals surface area (Å²) in [4.78, 5) is 4.18. The quantitative estimate of drug-likeness (QED) is 0.640. The molecule has 1 heterocycles. The fraction of sp³-hybridized carbons (Fsp3) is 0.0625. The summed E-state index contributed by atoms with van der Waals surface area (Å²) in [5, 5.41) is 0.527. The Kier molecular flexibility index (Phi) is 4.01. The molecule has 0 aliphatic carbocycles. The third-order valence-electron chi connectivity index (χ3n) is 2.89. The monoisotopic (exact) mass is 303 g/mol. The molecular weight excluding hydrogens is 292 g/mol. The van der Waals surface area contributed by atoms with Gasteiger partial charge >= 0.3 is 0 Å².